The van der Waals surface area contributed by atoms with E-state index in [2.05, 4.69) is 9.89 Å². The maximum atomic E-state index is 12.9. The first-order chi connectivity index (χ1) is 10.3. The summed E-state index contributed by atoms with van der Waals surface area (Å²) in [5, 5.41) is 0. The lowest BCUT2D eigenvalue weighted by molar-refractivity contribution is -0.137. The van der Waals surface area contributed by atoms with E-state index in [-0.39, 0.29) is 5.92 Å². The van der Waals surface area contributed by atoms with Gasteiger partial charge in [-0.1, -0.05) is 18.2 Å². The summed E-state index contributed by atoms with van der Waals surface area (Å²) in [6, 6.07) is 6.11. The summed E-state index contributed by atoms with van der Waals surface area (Å²) in [5.74, 6) is 0.554. The molecule has 0 heterocycles. The van der Waals surface area contributed by atoms with Gasteiger partial charge >= 0.3 is 6.18 Å². The Kier molecular flexibility index (Phi) is 5.27. The van der Waals surface area contributed by atoms with Gasteiger partial charge in [-0.25, -0.2) is 0 Å². The molecule has 1 fully saturated rings. The summed E-state index contributed by atoms with van der Waals surface area (Å²) in [4.78, 5) is 6.29. The van der Waals surface area contributed by atoms with Crippen molar-refractivity contribution in [1.82, 2.24) is 4.90 Å². The Morgan fingerprint density at radius 1 is 1.23 bits per heavy atom. The zero-order valence-electron chi connectivity index (χ0n) is 13.3. The van der Waals surface area contributed by atoms with Gasteiger partial charge in [0.25, 0.3) is 0 Å². The smallest absolute Gasteiger partial charge is 0.306 e. The van der Waals surface area contributed by atoms with Crippen molar-refractivity contribution in [3.63, 3.8) is 0 Å². The molecule has 1 saturated carbocycles. The minimum absolute atomic E-state index is 0.177. The topological polar surface area (TPSA) is 15.6 Å². The average Bonchev–Trinajstić information content (AvgIpc) is 2.47. The summed E-state index contributed by atoms with van der Waals surface area (Å²) in [5.41, 5.74) is 0.247. The number of alkyl halides is 3. The van der Waals surface area contributed by atoms with Crippen molar-refractivity contribution < 1.29 is 13.2 Å². The number of benzene rings is 1. The molecule has 22 heavy (non-hydrogen) atoms. The number of nitrogens with zero attached hydrogens (tertiary/aromatic N) is 2. The molecule has 0 saturated heterocycles. The van der Waals surface area contributed by atoms with Gasteiger partial charge in [-0.3, -0.25) is 0 Å². The van der Waals surface area contributed by atoms with Gasteiger partial charge in [-0.15, -0.1) is 0 Å². The van der Waals surface area contributed by atoms with E-state index in [9.17, 15) is 13.2 Å². The lowest BCUT2D eigenvalue weighted by Gasteiger charge is -2.38. The van der Waals surface area contributed by atoms with Crippen LogP contribution in [0, 0.1) is 5.92 Å². The molecule has 1 aliphatic carbocycles. The van der Waals surface area contributed by atoms with Crippen molar-refractivity contribution in [2.75, 3.05) is 21.1 Å². The zero-order chi connectivity index (χ0) is 16.3. The summed E-state index contributed by atoms with van der Waals surface area (Å²) < 4.78 is 38.6. The monoisotopic (exact) mass is 312 g/mol. The average molecular weight is 312 g/mol. The molecule has 2 rings (SSSR count). The molecular formula is C17H23F3N2. The van der Waals surface area contributed by atoms with Gasteiger partial charge in [-0.05, 0) is 50.9 Å². The third-order valence-corrected chi connectivity index (χ3v) is 4.56. The third kappa shape index (κ3) is 3.88. The zero-order valence-corrected chi connectivity index (χ0v) is 13.3. The van der Waals surface area contributed by atoms with Crippen molar-refractivity contribution in [2.45, 2.75) is 37.4 Å². The van der Waals surface area contributed by atoms with E-state index in [1.807, 2.05) is 26.4 Å². The molecule has 0 aromatic heterocycles. The second kappa shape index (κ2) is 6.82. The van der Waals surface area contributed by atoms with Crippen LogP contribution < -0.4 is 0 Å². The molecule has 0 radical (unpaired) electrons. The second-order valence-corrected chi connectivity index (χ2v) is 6.24. The first-order valence-corrected chi connectivity index (χ1v) is 7.58. The standard InChI is InChI=1S/C17H23F3N2/c1-21-11-14-8-7-13(10-16(14)22(2)3)12-5-4-6-15(9-12)17(18,19)20/h4-6,9,11,13-14,16H,7-8,10H2,1-3H3/t13-,14?,16+/m1/s1. The van der Waals surface area contributed by atoms with Gasteiger partial charge in [0, 0.05) is 25.2 Å². The van der Waals surface area contributed by atoms with E-state index in [4.69, 9.17) is 0 Å². The number of hydrogen-bond donors (Lipinski definition) is 0. The maximum Gasteiger partial charge on any atom is 0.416 e. The Hall–Kier alpha value is -1.36. The van der Waals surface area contributed by atoms with E-state index in [1.54, 1.807) is 7.05 Å². The normalized spacial score (nSPS) is 26.8. The van der Waals surface area contributed by atoms with E-state index in [0.29, 0.717) is 12.0 Å². The molecule has 3 atom stereocenters. The van der Waals surface area contributed by atoms with Crippen molar-refractivity contribution in [2.24, 2.45) is 10.9 Å². The van der Waals surface area contributed by atoms with Crippen LogP contribution in [0.5, 0.6) is 0 Å². The van der Waals surface area contributed by atoms with Gasteiger partial charge in [0.15, 0.2) is 0 Å². The first-order valence-electron chi connectivity index (χ1n) is 7.58. The van der Waals surface area contributed by atoms with Crippen LogP contribution in [0.3, 0.4) is 0 Å². The molecule has 122 valence electrons. The lowest BCUT2D eigenvalue weighted by atomic mass is 9.75. The quantitative estimate of drug-likeness (QED) is 0.763. The molecule has 1 aliphatic rings. The Morgan fingerprint density at radius 3 is 2.55 bits per heavy atom. The van der Waals surface area contributed by atoms with E-state index in [0.717, 1.165) is 30.9 Å². The van der Waals surface area contributed by atoms with Crippen molar-refractivity contribution >= 4 is 6.21 Å². The number of rotatable bonds is 3. The molecule has 0 N–H and O–H groups in total. The van der Waals surface area contributed by atoms with Gasteiger partial charge in [0.1, 0.15) is 0 Å². The molecule has 1 unspecified atom stereocenters. The largest absolute Gasteiger partial charge is 0.416 e. The maximum absolute atomic E-state index is 12.9. The van der Waals surface area contributed by atoms with Gasteiger partial charge in [0.2, 0.25) is 0 Å². The SMILES string of the molecule is CN=CC1CC[C@@H](c2cccc(C(F)(F)F)c2)C[C@@H]1N(C)C. The summed E-state index contributed by atoms with van der Waals surface area (Å²) in [6.45, 7) is 0. The second-order valence-electron chi connectivity index (χ2n) is 6.24. The molecule has 0 spiro atoms. The molecular weight excluding hydrogens is 289 g/mol. The number of halogens is 3. The van der Waals surface area contributed by atoms with E-state index < -0.39 is 11.7 Å². The fraction of sp³-hybridized carbons (Fsp3) is 0.588. The van der Waals surface area contributed by atoms with E-state index in [1.165, 1.54) is 12.1 Å². The predicted octanol–water partition coefficient (Wildman–Crippen LogP) is 4.22. The first kappa shape index (κ1) is 17.0. The minimum atomic E-state index is -4.27. The minimum Gasteiger partial charge on any atom is -0.306 e. The summed E-state index contributed by atoms with van der Waals surface area (Å²) in [6.07, 6.45) is 0.435. The van der Waals surface area contributed by atoms with Crippen LogP contribution in [0.2, 0.25) is 0 Å². The van der Waals surface area contributed by atoms with Crippen LogP contribution in [0.1, 0.15) is 36.3 Å². The molecule has 2 nitrogen and oxygen atoms in total. The molecule has 0 aliphatic heterocycles. The van der Waals surface area contributed by atoms with Crippen LogP contribution >= 0.6 is 0 Å². The van der Waals surface area contributed by atoms with Crippen molar-refractivity contribution in [1.29, 1.82) is 0 Å². The van der Waals surface area contributed by atoms with Crippen molar-refractivity contribution in [3.05, 3.63) is 35.4 Å². The van der Waals surface area contributed by atoms with Gasteiger partial charge in [-0.2, -0.15) is 13.2 Å². The van der Waals surface area contributed by atoms with Crippen molar-refractivity contribution in [3.8, 4) is 0 Å². The van der Waals surface area contributed by atoms with Crippen LogP contribution in [-0.2, 0) is 6.18 Å². The van der Waals surface area contributed by atoms with Crippen LogP contribution in [-0.4, -0.2) is 38.3 Å². The summed E-state index contributed by atoms with van der Waals surface area (Å²) >= 11 is 0. The fourth-order valence-corrected chi connectivity index (χ4v) is 3.40. The molecule has 5 heteroatoms. The van der Waals surface area contributed by atoms with E-state index >= 15 is 0 Å². The number of hydrogen-bond acceptors (Lipinski definition) is 2. The molecule has 1 aromatic carbocycles. The summed E-state index contributed by atoms with van der Waals surface area (Å²) in [7, 11) is 5.82. The fourth-order valence-electron chi connectivity index (χ4n) is 3.40. The lowest BCUT2D eigenvalue weighted by Crippen LogP contribution is -2.40. The predicted molar refractivity (Wildman–Crippen MR) is 83.4 cm³/mol. The Morgan fingerprint density at radius 2 is 1.95 bits per heavy atom. The van der Waals surface area contributed by atoms with Crippen LogP contribution in [0.15, 0.2) is 29.3 Å². The van der Waals surface area contributed by atoms with Gasteiger partial charge < -0.3 is 9.89 Å². The Balaban J connectivity index is 2.20. The van der Waals surface area contributed by atoms with Gasteiger partial charge in [0.05, 0.1) is 5.56 Å². The Bertz CT molecular complexity index is 523. The highest BCUT2D eigenvalue weighted by Gasteiger charge is 2.34. The number of aliphatic imine (C=N–C) groups is 1. The molecule has 0 bridgehead atoms. The highest BCUT2D eigenvalue weighted by atomic mass is 19.4. The van der Waals surface area contributed by atoms with Crippen LogP contribution in [0.25, 0.3) is 0 Å². The highest BCUT2D eigenvalue weighted by Crippen LogP contribution is 2.39. The molecule has 1 aromatic rings. The Labute approximate surface area is 130 Å². The van der Waals surface area contributed by atoms with Crippen LogP contribution in [0.4, 0.5) is 13.2 Å². The highest BCUT2D eigenvalue weighted by molar-refractivity contribution is 5.62. The molecule has 0 amide bonds. The third-order valence-electron chi connectivity index (χ3n) is 4.56.